The summed E-state index contributed by atoms with van der Waals surface area (Å²) in [6, 6.07) is 8.03. The maximum absolute atomic E-state index is 12.2. The van der Waals surface area contributed by atoms with E-state index in [1.54, 1.807) is 0 Å². The Morgan fingerprint density at radius 1 is 1.33 bits per heavy atom. The van der Waals surface area contributed by atoms with Gasteiger partial charge in [-0.25, -0.2) is 0 Å². The normalized spacial score (nSPS) is 17.2. The standard InChI is InChI=1S/C15H18N2O/c1-11-5-6-13(12(2)9-11)14(18)17-15(10-16)7-3-4-8-15/h5-6,9H,3-4,7-8H2,1-2H3,(H,17,18). The first-order chi connectivity index (χ1) is 8.56. The Balaban J connectivity index is 2.19. The Morgan fingerprint density at radius 2 is 2.00 bits per heavy atom. The molecule has 0 spiro atoms. The summed E-state index contributed by atoms with van der Waals surface area (Å²) in [5.74, 6) is -0.129. The lowest BCUT2D eigenvalue weighted by Gasteiger charge is -2.22. The first kappa shape index (κ1) is 12.6. The first-order valence-corrected chi connectivity index (χ1v) is 6.37. The highest BCUT2D eigenvalue weighted by molar-refractivity contribution is 5.96. The lowest BCUT2D eigenvalue weighted by Crippen LogP contribution is -2.45. The number of benzene rings is 1. The predicted molar refractivity (Wildman–Crippen MR) is 70.2 cm³/mol. The van der Waals surface area contributed by atoms with Crippen LogP contribution >= 0.6 is 0 Å². The zero-order chi connectivity index (χ0) is 13.2. The van der Waals surface area contributed by atoms with Crippen molar-refractivity contribution in [1.82, 2.24) is 5.32 Å². The minimum absolute atomic E-state index is 0.129. The quantitative estimate of drug-likeness (QED) is 0.867. The van der Waals surface area contributed by atoms with Crippen molar-refractivity contribution in [3.05, 3.63) is 34.9 Å². The average Bonchev–Trinajstić information content (AvgIpc) is 2.78. The molecule has 0 saturated heterocycles. The van der Waals surface area contributed by atoms with Crippen LogP contribution < -0.4 is 5.32 Å². The molecule has 1 aromatic carbocycles. The second-order valence-electron chi connectivity index (χ2n) is 5.17. The Kier molecular flexibility index (Phi) is 3.38. The average molecular weight is 242 g/mol. The van der Waals surface area contributed by atoms with Gasteiger partial charge in [-0.3, -0.25) is 4.79 Å². The van der Waals surface area contributed by atoms with Crippen molar-refractivity contribution in [3.63, 3.8) is 0 Å². The maximum atomic E-state index is 12.2. The molecule has 3 heteroatoms. The van der Waals surface area contributed by atoms with Crippen LogP contribution in [-0.2, 0) is 0 Å². The summed E-state index contributed by atoms with van der Waals surface area (Å²) < 4.78 is 0. The monoisotopic (exact) mass is 242 g/mol. The van der Waals surface area contributed by atoms with Crippen LogP contribution in [-0.4, -0.2) is 11.4 Å². The van der Waals surface area contributed by atoms with Crippen LogP contribution in [0, 0.1) is 25.2 Å². The fraction of sp³-hybridized carbons (Fsp3) is 0.467. The molecule has 1 aliphatic carbocycles. The van der Waals surface area contributed by atoms with Gasteiger partial charge in [0.25, 0.3) is 5.91 Å². The van der Waals surface area contributed by atoms with Crippen LogP contribution in [0.15, 0.2) is 18.2 Å². The number of carbonyl (C=O) groups is 1. The molecule has 1 N–H and O–H groups in total. The number of hydrogen-bond acceptors (Lipinski definition) is 2. The fourth-order valence-electron chi connectivity index (χ4n) is 2.60. The van der Waals surface area contributed by atoms with E-state index in [4.69, 9.17) is 0 Å². The van der Waals surface area contributed by atoms with Crippen LogP contribution in [0.1, 0.15) is 47.2 Å². The Hall–Kier alpha value is -1.82. The Labute approximate surface area is 108 Å². The molecule has 0 heterocycles. The summed E-state index contributed by atoms with van der Waals surface area (Å²) in [5.41, 5.74) is 2.12. The van der Waals surface area contributed by atoms with E-state index in [1.807, 2.05) is 32.0 Å². The third-order valence-corrected chi connectivity index (χ3v) is 3.65. The summed E-state index contributed by atoms with van der Waals surface area (Å²) in [4.78, 5) is 12.2. The predicted octanol–water partition coefficient (Wildman–Crippen LogP) is 2.87. The lowest BCUT2D eigenvalue weighted by atomic mass is 9.98. The van der Waals surface area contributed by atoms with Crippen molar-refractivity contribution in [2.75, 3.05) is 0 Å². The first-order valence-electron chi connectivity index (χ1n) is 6.37. The zero-order valence-corrected chi connectivity index (χ0v) is 10.9. The molecule has 1 aliphatic rings. The largest absolute Gasteiger partial charge is 0.334 e. The molecule has 1 fully saturated rings. The lowest BCUT2D eigenvalue weighted by molar-refractivity contribution is 0.0920. The molecule has 1 saturated carbocycles. The van der Waals surface area contributed by atoms with Crippen molar-refractivity contribution < 1.29 is 4.79 Å². The molecular formula is C15H18N2O. The minimum atomic E-state index is -0.644. The Bertz CT molecular complexity index is 508. The van der Waals surface area contributed by atoms with Gasteiger partial charge in [0.05, 0.1) is 6.07 Å². The van der Waals surface area contributed by atoms with E-state index in [2.05, 4.69) is 11.4 Å². The van der Waals surface area contributed by atoms with Gasteiger partial charge < -0.3 is 5.32 Å². The van der Waals surface area contributed by atoms with Gasteiger partial charge in [0.2, 0.25) is 0 Å². The topological polar surface area (TPSA) is 52.9 Å². The van der Waals surface area contributed by atoms with Gasteiger partial charge in [-0.15, -0.1) is 0 Å². The van der Waals surface area contributed by atoms with Gasteiger partial charge in [0, 0.05) is 5.56 Å². The number of aryl methyl sites for hydroxylation is 2. The maximum Gasteiger partial charge on any atom is 0.252 e. The minimum Gasteiger partial charge on any atom is -0.334 e. The summed E-state index contributed by atoms with van der Waals surface area (Å²) in [7, 11) is 0. The summed E-state index contributed by atoms with van der Waals surface area (Å²) >= 11 is 0. The molecule has 1 amide bonds. The van der Waals surface area contributed by atoms with Crippen LogP contribution in [0.3, 0.4) is 0 Å². The van der Waals surface area contributed by atoms with E-state index in [9.17, 15) is 10.1 Å². The van der Waals surface area contributed by atoms with E-state index in [-0.39, 0.29) is 5.91 Å². The number of hydrogen-bond donors (Lipinski definition) is 1. The summed E-state index contributed by atoms with van der Waals surface area (Å²) in [6.45, 7) is 3.93. The summed E-state index contributed by atoms with van der Waals surface area (Å²) in [6.07, 6.45) is 3.56. The highest BCUT2D eigenvalue weighted by Gasteiger charge is 2.35. The van der Waals surface area contributed by atoms with Gasteiger partial charge in [-0.1, -0.05) is 17.7 Å². The number of nitriles is 1. The van der Waals surface area contributed by atoms with Gasteiger partial charge >= 0.3 is 0 Å². The molecule has 0 radical (unpaired) electrons. The van der Waals surface area contributed by atoms with Crippen molar-refractivity contribution >= 4 is 5.91 Å². The molecule has 0 atom stereocenters. The smallest absolute Gasteiger partial charge is 0.252 e. The van der Waals surface area contributed by atoms with E-state index >= 15 is 0 Å². The van der Waals surface area contributed by atoms with Crippen LogP contribution in [0.25, 0.3) is 0 Å². The van der Waals surface area contributed by atoms with E-state index < -0.39 is 5.54 Å². The second kappa shape index (κ2) is 4.81. The van der Waals surface area contributed by atoms with Gasteiger partial charge in [-0.2, -0.15) is 5.26 Å². The van der Waals surface area contributed by atoms with Crippen LogP contribution in [0.5, 0.6) is 0 Å². The second-order valence-corrected chi connectivity index (χ2v) is 5.17. The highest BCUT2D eigenvalue weighted by atomic mass is 16.1. The van der Waals surface area contributed by atoms with Crippen LogP contribution in [0.4, 0.5) is 0 Å². The van der Waals surface area contributed by atoms with E-state index in [1.165, 1.54) is 0 Å². The van der Waals surface area contributed by atoms with Crippen molar-refractivity contribution in [2.24, 2.45) is 0 Å². The molecule has 18 heavy (non-hydrogen) atoms. The van der Waals surface area contributed by atoms with Gasteiger partial charge in [0.1, 0.15) is 5.54 Å². The number of carbonyl (C=O) groups excluding carboxylic acids is 1. The van der Waals surface area contributed by atoms with Gasteiger partial charge in [-0.05, 0) is 51.2 Å². The molecule has 3 nitrogen and oxygen atoms in total. The van der Waals surface area contributed by atoms with Gasteiger partial charge in [0.15, 0.2) is 0 Å². The molecular weight excluding hydrogens is 224 g/mol. The SMILES string of the molecule is Cc1ccc(C(=O)NC2(C#N)CCCC2)c(C)c1. The Morgan fingerprint density at radius 3 is 2.56 bits per heavy atom. The van der Waals surface area contributed by atoms with Crippen molar-refractivity contribution in [3.8, 4) is 6.07 Å². The van der Waals surface area contributed by atoms with E-state index in [0.29, 0.717) is 5.56 Å². The molecule has 1 aromatic rings. The van der Waals surface area contributed by atoms with Crippen molar-refractivity contribution in [2.45, 2.75) is 45.1 Å². The molecule has 0 aromatic heterocycles. The highest BCUT2D eigenvalue weighted by Crippen LogP contribution is 2.29. The number of nitrogens with one attached hydrogen (secondary N) is 1. The number of nitrogens with zero attached hydrogens (tertiary/aromatic N) is 1. The van der Waals surface area contributed by atoms with E-state index in [0.717, 1.165) is 36.8 Å². The molecule has 94 valence electrons. The third-order valence-electron chi connectivity index (χ3n) is 3.65. The van der Waals surface area contributed by atoms with Crippen LogP contribution in [0.2, 0.25) is 0 Å². The third kappa shape index (κ3) is 2.38. The summed E-state index contributed by atoms with van der Waals surface area (Å²) in [5, 5.41) is 12.2. The molecule has 0 bridgehead atoms. The van der Waals surface area contributed by atoms with Crippen molar-refractivity contribution in [1.29, 1.82) is 5.26 Å². The molecule has 2 rings (SSSR count). The number of amides is 1. The fourth-order valence-corrected chi connectivity index (χ4v) is 2.60. The zero-order valence-electron chi connectivity index (χ0n) is 10.9. The molecule has 0 aliphatic heterocycles. The molecule has 0 unspecified atom stereocenters. The number of rotatable bonds is 2.